The molecule has 0 heterocycles. The summed E-state index contributed by atoms with van der Waals surface area (Å²) >= 11 is 0. The normalized spacial score (nSPS) is 16.9. The van der Waals surface area contributed by atoms with Crippen molar-refractivity contribution in [1.82, 2.24) is 0 Å². The average Bonchev–Trinajstić information content (AvgIpc) is 2.80. The van der Waals surface area contributed by atoms with E-state index in [-0.39, 0.29) is 24.6 Å². The third-order valence-corrected chi connectivity index (χ3v) is 4.05. The summed E-state index contributed by atoms with van der Waals surface area (Å²) in [6, 6.07) is 0. The maximum absolute atomic E-state index is 3.36. The van der Waals surface area contributed by atoms with Gasteiger partial charge in [-0.15, -0.1) is 12.8 Å². The van der Waals surface area contributed by atoms with E-state index < -0.39 is 8.07 Å². The zero-order valence-electron chi connectivity index (χ0n) is 11.8. The van der Waals surface area contributed by atoms with Gasteiger partial charge in [-0.1, -0.05) is 19.6 Å². The third-order valence-electron chi connectivity index (χ3n) is 2.09. The topological polar surface area (TPSA) is 0 Å². The fourth-order valence-corrected chi connectivity index (χ4v) is 2.51. The quantitative estimate of drug-likeness (QED) is 0.487. The zero-order chi connectivity index (χ0) is 10.4. The molecule has 2 aliphatic carbocycles. The van der Waals surface area contributed by atoms with Gasteiger partial charge in [0.2, 0.25) is 0 Å². The van der Waals surface area contributed by atoms with E-state index in [2.05, 4.69) is 50.0 Å². The molecule has 0 aromatic carbocycles. The molecule has 0 saturated carbocycles. The second-order valence-corrected chi connectivity index (χ2v) is 9.49. The number of hydrogen-bond acceptors (Lipinski definition) is 0. The van der Waals surface area contributed by atoms with Crippen molar-refractivity contribution in [3.8, 4) is 0 Å². The van der Waals surface area contributed by atoms with Crippen LogP contribution in [0.2, 0.25) is 19.6 Å². The SMILES string of the molecule is C[Si](C)(C)C1=[C-]CC=C1.[C-]1=CC=CC1.[H-].[H-].[Ti+2]. The van der Waals surface area contributed by atoms with Crippen LogP contribution in [0.1, 0.15) is 15.7 Å². The van der Waals surface area contributed by atoms with Crippen LogP contribution < -0.4 is 0 Å². The van der Waals surface area contributed by atoms with E-state index in [0.717, 1.165) is 12.8 Å². The molecule has 2 rings (SSSR count). The van der Waals surface area contributed by atoms with E-state index >= 15 is 0 Å². The van der Waals surface area contributed by atoms with Crippen LogP contribution in [-0.2, 0) is 21.7 Å². The van der Waals surface area contributed by atoms with E-state index in [1.54, 1.807) is 0 Å². The molecule has 82 valence electrons. The van der Waals surface area contributed by atoms with Crippen molar-refractivity contribution in [3.63, 3.8) is 0 Å². The van der Waals surface area contributed by atoms with Crippen LogP contribution in [0, 0.1) is 12.2 Å². The third kappa shape index (κ3) is 6.14. The van der Waals surface area contributed by atoms with Crippen molar-refractivity contribution in [3.05, 3.63) is 47.7 Å². The Balaban J connectivity index is -0.000000216. The number of hydrogen-bond donors (Lipinski definition) is 0. The van der Waals surface area contributed by atoms with E-state index in [0.29, 0.717) is 0 Å². The molecule has 0 unspecified atom stereocenters. The molecule has 0 spiro atoms. The summed E-state index contributed by atoms with van der Waals surface area (Å²) in [5.41, 5.74) is 0. The Morgan fingerprint density at radius 3 is 2.13 bits per heavy atom. The summed E-state index contributed by atoms with van der Waals surface area (Å²) < 4.78 is 0. The van der Waals surface area contributed by atoms with Gasteiger partial charge < -0.3 is 2.85 Å². The first kappa shape index (κ1) is 14.9. The van der Waals surface area contributed by atoms with Gasteiger partial charge in [0.05, 0.1) is 0 Å². The van der Waals surface area contributed by atoms with Crippen LogP contribution in [-0.4, -0.2) is 8.07 Å². The second kappa shape index (κ2) is 7.21. The molecule has 2 aliphatic rings. The van der Waals surface area contributed by atoms with E-state index in [1.807, 2.05) is 12.2 Å². The summed E-state index contributed by atoms with van der Waals surface area (Å²) in [5, 5.41) is 1.49. The first-order chi connectivity index (χ1) is 6.61. The molecule has 0 atom stereocenters. The Bertz CT molecular complexity index is 289. The van der Waals surface area contributed by atoms with Gasteiger partial charge in [0.25, 0.3) is 0 Å². The molecule has 15 heavy (non-hydrogen) atoms. The van der Waals surface area contributed by atoms with Gasteiger partial charge in [-0.2, -0.15) is 12.2 Å². The molecule has 2 heteroatoms. The smallest absolute Gasteiger partial charge is 1.00 e. The Hall–Kier alpha value is -0.109. The molecular formula is C13H20SiTi-2. The largest absolute Gasteiger partial charge is 2.00 e. The van der Waals surface area contributed by atoms with Crippen LogP contribution in [0.3, 0.4) is 0 Å². The van der Waals surface area contributed by atoms with Crippen molar-refractivity contribution in [2.45, 2.75) is 32.5 Å². The van der Waals surface area contributed by atoms with Crippen LogP contribution in [0.5, 0.6) is 0 Å². The minimum Gasteiger partial charge on any atom is -1.00 e. The summed E-state index contributed by atoms with van der Waals surface area (Å²) in [7, 11) is -1.01. The Kier molecular flexibility index (Phi) is 7.16. The first-order valence-corrected chi connectivity index (χ1v) is 8.60. The monoisotopic (exact) mass is 252 g/mol. The predicted octanol–water partition coefficient (Wildman–Crippen LogP) is 4.08. The van der Waals surface area contributed by atoms with Gasteiger partial charge >= 0.3 is 21.7 Å². The fourth-order valence-electron chi connectivity index (χ4n) is 1.26. The summed E-state index contributed by atoms with van der Waals surface area (Å²) in [4.78, 5) is 0. The number of allylic oxidation sites excluding steroid dienone is 8. The van der Waals surface area contributed by atoms with Crippen LogP contribution in [0.4, 0.5) is 0 Å². The van der Waals surface area contributed by atoms with Crippen molar-refractivity contribution >= 4 is 8.07 Å². The molecule has 0 N–H and O–H groups in total. The Morgan fingerprint density at radius 1 is 1.20 bits per heavy atom. The summed E-state index contributed by atoms with van der Waals surface area (Å²) in [6.07, 6.45) is 18.8. The van der Waals surface area contributed by atoms with Crippen molar-refractivity contribution in [2.24, 2.45) is 0 Å². The molecule has 0 aromatic rings. The molecule has 0 saturated heterocycles. The summed E-state index contributed by atoms with van der Waals surface area (Å²) in [5.74, 6) is 0. The molecule has 0 nitrogen and oxygen atoms in total. The average molecular weight is 252 g/mol. The number of rotatable bonds is 1. The van der Waals surface area contributed by atoms with Gasteiger partial charge in [0.15, 0.2) is 0 Å². The van der Waals surface area contributed by atoms with Gasteiger partial charge in [-0.25, -0.2) is 23.4 Å². The molecule has 0 fully saturated rings. The fraction of sp³-hybridized carbons (Fsp3) is 0.385. The molecule has 0 amide bonds. The predicted molar refractivity (Wildman–Crippen MR) is 67.7 cm³/mol. The standard InChI is InChI=1S/C8H13Si.C5H5.Ti.2H/c1-9(2,3)8-6-4-5-7-8;1-2-4-5-3-1;;;/h4,6H,5H2,1-3H3;1-3H,4H2;;;/q2*-1;+2;2*-1. The molecule has 0 bridgehead atoms. The minimum absolute atomic E-state index is 0. The zero-order valence-corrected chi connectivity index (χ0v) is 12.4. The van der Waals surface area contributed by atoms with Crippen LogP contribution in [0.15, 0.2) is 35.6 Å². The minimum atomic E-state index is -1.01. The Labute approximate surface area is 113 Å². The van der Waals surface area contributed by atoms with Crippen LogP contribution in [0.25, 0.3) is 0 Å². The van der Waals surface area contributed by atoms with Gasteiger partial charge in [-0.05, 0) is 0 Å². The molecular weight excluding hydrogens is 232 g/mol. The van der Waals surface area contributed by atoms with E-state index in [9.17, 15) is 0 Å². The maximum atomic E-state index is 3.36. The van der Waals surface area contributed by atoms with Gasteiger partial charge in [-0.3, -0.25) is 12.2 Å². The van der Waals surface area contributed by atoms with Crippen LogP contribution >= 0.6 is 0 Å². The summed E-state index contributed by atoms with van der Waals surface area (Å²) in [6.45, 7) is 7.06. The second-order valence-electron chi connectivity index (χ2n) is 4.45. The maximum Gasteiger partial charge on any atom is 2.00 e. The molecule has 0 radical (unpaired) electrons. The van der Waals surface area contributed by atoms with Crippen molar-refractivity contribution < 1.29 is 24.6 Å². The first-order valence-electron chi connectivity index (χ1n) is 5.10. The molecule has 0 aliphatic heterocycles. The van der Waals surface area contributed by atoms with Crippen molar-refractivity contribution in [2.75, 3.05) is 0 Å². The van der Waals surface area contributed by atoms with E-state index in [4.69, 9.17) is 0 Å². The molecule has 0 aromatic heterocycles. The van der Waals surface area contributed by atoms with Gasteiger partial charge in [0.1, 0.15) is 0 Å². The van der Waals surface area contributed by atoms with E-state index in [1.165, 1.54) is 5.20 Å². The van der Waals surface area contributed by atoms with Gasteiger partial charge in [0, 0.05) is 8.07 Å². The van der Waals surface area contributed by atoms with Crippen molar-refractivity contribution in [1.29, 1.82) is 0 Å². The Morgan fingerprint density at radius 2 is 1.93 bits per heavy atom.